The molecule has 28 heavy (non-hydrogen) atoms. The Morgan fingerprint density at radius 1 is 1.00 bits per heavy atom. The number of hydrogen-bond acceptors (Lipinski definition) is 4. The van der Waals surface area contributed by atoms with Gasteiger partial charge in [0.1, 0.15) is 0 Å². The highest BCUT2D eigenvalue weighted by Crippen LogP contribution is 2.56. The predicted octanol–water partition coefficient (Wildman–Crippen LogP) is 3.75. The lowest BCUT2D eigenvalue weighted by molar-refractivity contribution is -0.235. The zero-order valence-corrected chi connectivity index (χ0v) is 14.0. The summed E-state index contributed by atoms with van der Waals surface area (Å²) in [5.74, 6) is -2.60. The fraction of sp³-hybridized carbons (Fsp3) is 0.800. The lowest BCUT2D eigenvalue weighted by Gasteiger charge is -2.31. The number of aromatic nitrogens is 2. The highest BCUT2D eigenvalue weighted by atomic mass is 19.4. The van der Waals surface area contributed by atoms with Crippen LogP contribution >= 0.6 is 0 Å². The molecular weight excluding hydrogens is 408 g/mol. The van der Waals surface area contributed by atoms with Gasteiger partial charge in [0, 0.05) is 13.0 Å². The molecule has 3 heterocycles. The van der Waals surface area contributed by atoms with Gasteiger partial charge in [0.25, 0.3) is 0 Å². The van der Waals surface area contributed by atoms with Crippen molar-refractivity contribution in [3.05, 3.63) is 17.0 Å². The molecule has 0 bridgehead atoms. The third kappa shape index (κ3) is 2.81. The highest BCUT2D eigenvalue weighted by Gasteiger charge is 2.65. The van der Waals surface area contributed by atoms with E-state index < -0.39 is 72.6 Å². The molecule has 0 saturated carbocycles. The minimum Gasteiger partial charge on any atom is -0.369 e. The van der Waals surface area contributed by atoms with Gasteiger partial charge in [-0.25, -0.2) is 8.78 Å². The van der Waals surface area contributed by atoms with Crippen LogP contribution in [0.15, 0.2) is 0 Å². The second-order valence-electron chi connectivity index (χ2n) is 6.80. The van der Waals surface area contributed by atoms with Crippen molar-refractivity contribution in [3.63, 3.8) is 0 Å². The molecule has 2 aliphatic heterocycles. The van der Waals surface area contributed by atoms with Crippen LogP contribution in [0.1, 0.15) is 42.0 Å². The van der Waals surface area contributed by atoms with E-state index in [4.69, 9.17) is 9.47 Å². The van der Waals surface area contributed by atoms with Crippen LogP contribution in [-0.2, 0) is 26.2 Å². The highest BCUT2D eigenvalue weighted by molar-refractivity contribution is 5.42. The van der Waals surface area contributed by atoms with E-state index in [0.717, 1.165) is 0 Å². The van der Waals surface area contributed by atoms with Gasteiger partial charge in [-0.2, -0.15) is 31.4 Å². The van der Waals surface area contributed by atoms with Gasteiger partial charge in [-0.05, 0) is 6.42 Å². The Labute approximate surface area is 152 Å². The third-order valence-electron chi connectivity index (χ3n) is 5.13. The number of nitrogens with zero attached hydrogens (tertiary/aromatic N) is 2. The minimum atomic E-state index is -5.12. The van der Waals surface area contributed by atoms with Crippen LogP contribution in [0, 0.1) is 0 Å². The maximum absolute atomic E-state index is 14.7. The summed E-state index contributed by atoms with van der Waals surface area (Å²) in [5, 5.41) is 3.35. The summed E-state index contributed by atoms with van der Waals surface area (Å²) in [6, 6.07) is -1.26. The number of alkyl halides is 8. The molecule has 2 saturated heterocycles. The number of halogens is 8. The molecular formula is C15H14F8N2O3. The Morgan fingerprint density at radius 3 is 2.21 bits per heavy atom. The quantitative estimate of drug-likeness (QED) is 0.647. The van der Waals surface area contributed by atoms with E-state index in [0.29, 0.717) is 4.68 Å². The van der Waals surface area contributed by atoms with Gasteiger partial charge in [-0.3, -0.25) is 4.68 Å². The number of ether oxygens (including phenoxy) is 3. The standard InChI is InChI=1S/C15H14F8N2O3/c16-9-10-8(13(11(9)17)27-3-4-28-13)12(15(21,22)23)24-25(10)6-1-2-26-7(5-6)14(18,19)20/h6-7,9,11H,1-5H2/t6-,7+,9+,11+/m0/s1. The zero-order chi connectivity index (χ0) is 20.5. The molecule has 0 radical (unpaired) electrons. The van der Waals surface area contributed by atoms with E-state index in [2.05, 4.69) is 9.84 Å². The predicted molar refractivity (Wildman–Crippen MR) is 73.6 cm³/mol. The Bertz CT molecular complexity index is 756. The summed E-state index contributed by atoms with van der Waals surface area (Å²) in [5.41, 5.74) is -3.36. The maximum Gasteiger partial charge on any atom is 0.435 e. The van der Waals surface area contributed by atoms with Crippen molar-refractivity contribution in [3.8, 4) is 0 Å². The molecule has 2 fully saturated rings. The molecule has 0 N–H and O–H groups in total. The van der Waals surface area contributed by atoms with Crippen molar-refractivity contribution < 1.29 is 49.3 Å². The fourth-order valence-electron chi connectivity index (χ4n) is 3.96. The normalized spacial score (nSPS) is 32.9. The van der Waals surface area contributed by atoms with E-state index in [1.54, 1.807) is 0 Å². The zero-order valence-electron chi connectivity index (χ0n) is 14.0. The Balaban J connectivity index is 1.83. The van der Waals surface area contributed by atoms with Crippen molar-refractivity contribution >= 4 is 0 Å². The Hall–Kier alpha value is -1.47. The number of fused-ring (bicyclic) bond motifs is 2. The van der Waals surface area contributed by atoms with Gasteiger partial charge in [0.2, 0.25) is 5.79 Å². The van der Waals surface area contributed by atoms with Gasteiger partial charge >= 0.3 is 12.4 Å². The SMILES string of the molecule is F[C@@H]1c2c(c(C(F)(F)F)nn2[C@H]2CCO[C@@H](C(F)(F)F)C2)C2(OCCO2)[C@@H]1F. The van der Waals surface area contributed by atoms with Gasteiger partial charge in [0.05, 0.1) is 30.5 Å². The van der Waals surface area contributed by atoms with E-state index in [-0.39, 0.29) is 19.6 Å². The summed E-state index contributed by atoms with van der Waals surface area (Å²) in [7, 11) is 0. The van der Waals surface area contributed by atoms with Crippen molar-refractivity contribution in [2.24, 2.45) is 0 Å². The smallest absolute Gasteiger partial charge is 0.369 e. The van der Waals surface area contributed by atoms with Crippen LogP contribution in [0.3, 0.4) is 0 Å². The molecule has 158 valence electrons. The van der Waals surface area contributed by atoms with Crippen LogP contribution in [-0.4, -0.2) is 48.1 Å². The third-order valence-corrected chi connectivity index (χ3v) is 5.13. The lowest BCUT2D eigenvalue weighted by atomic mass is 10.0. The van der Waals surface area contributed by atoms with Crippen LogP contribution in [0.4, 0.5) is 35.1 Å². The molecule has 0 aromatic carbocycles. The molecule has 4 atom stereocenters. The van der Waals surface area contributed by atoms with Crippen molar-refractivity contribution in [1.82, 2.24) is 9.78 Å². The number of hydrogen-bond donors (Lipinski definition) is 0. The summed E-state index contributed by atoms with van der Waals surface area (Å²) in [6.45, 7) is -0.941. The van der Waals surface area contributed by atoms with Crippen LogP contribution in [0.2, 0.25) is 0 Å². The summed E-state index contributed by atoms with van der Waals surface area (Å²) < 4.78 is 124. The van der Waals surface area contributed by atoms with Gasteiger partial charge in [0.15, 0.2) is 24.1 Å². The molecule has 3 aliphatic rings. The molecule has 1 aromatic rings. The maximum atomic E-state index is 14.7. The first-order valence-electron chi connectivity index (χ1n) is 8.41. The second-order valence-corrected chi connectivity index (χ2v) is 6.80. The van der Waals surface area contributed by atoms with Gasteiger partial charge in [-0.1, -0.05) is 0 Å². The molecule has 13 heteroatoms. The topological polar surface area (TPSA) is 45.5 Å². The first kappa shape index (κ1) is 19.8. The first-order valence-corrected chi connectivity index (χ1v) is 8.41. The largest absolute Gasteiger partial charge is 0.435 e. The molecule has 1 aliphatic carbocycles. The molecule has 0 amide bonds. The molecule has 4 rings (SSSR count). The molecule has 1 spiro atoms. The molecule has 1 aromatic heterocycles. The van der Waals surface area contributed by atoms with Crippen LogP contribution in [0.25, 0.3) is 0 Å². The monoisotopic (exact) mass is 422 g/mol. The summed E-state index contributed by atoms with van der Waals surface area (Å²) >= 11 is 0. The fourth-order valence-corrected chi connectivity index (χ4v) is 3.96. The average Bonchev–Trinajstić information content (AvgIpc) is 3.28. The minimum absolute atomic E-state index is 0.142. The van der Waals surface area contributed by atoms with E-state index >= 15 is 0 Å². The summed E-state index contributed by atoms with van der Waals surface area (Å²) in [6.07, 6.45) is -18.2. The van der Waals surface area contributed by atoms with E-state index in [9.17, 15) is 35.1 Å². The van der Waals surface area contributed by atoms with Crippen molar-refractivity contribution in [1.29, 1.82) is 0 Å². The first-order chi connectivity index (χ1) is 13.0. The van der Waals surface area contributed by atoms with E-state index in [1.165, 1.54) is 0 Å². The second kappa shape index (κ2) is 6.26. The van der Waals surface area contributed by atoms with Crippen LogP contribution < -0.4 is 0 Å². The lowest BCUT2D eigenvalue weighted by Crippen LogP contribution is -2.39. The van der Waals surface area contributed by atoms with Crippen LogP contribution in [0.5, 0.6) is 0 Å². The summed E-state index contributed by atoms with van der Waals surface area (Å²) in [4.78, 5) is 0. The Morgan fingerprint density at radius 2 is 1.64 bits per heavy atom. The average molecular weight is 422 g/mol. The van der Waals surface area contributed by atoms with Gasteiger partial charge in [-0.15, -0.1) is 0 Å². The Kier molecular flexibility index (Phi) is 4.43. The van der Waals surface area contributed by atoms with E-state index in [1.807, 2.05) is 0 Å². The number of rotatable bonds is 1. The van der Waals surface area contributed by atoms with Crippen molar-refractivity contribution in [2.75, 3.05) is 19.8 Å². The molecule has 0 unspecified atom stereocenters. The van der Waals surface area contributed by atoms with Crippen molar-refractivity contribution in [2.45, 2.75) is 55.5 Å². The van der Waals surface area contributed by atoms with Gasteiger partial charge < -0.3 is 14.2 Å². The molecule has 5 nitrogen and oxygen atoms in total.